The van der Waals surface area contributed by atoms with E-state index in [0.717, 1.165) is 45.2 Å². The SMILES string of the molecule is Cc1cc(-c2ccn3ncnc3c2)nc2c(C)cc(NS(C)(=O)=O)cc12. The molecule has 8 heteroatoms. The number of aromatic nitrogens is 4. The second-order valence-electron chi connectivity index (χ2n) is 6.37. The van der Waals surface area contributed by atoms with Crippen LogP contribution in [0.1, 0.15) is 11.1 Å². The molecule has 132 valence electrons. The fourth-order valence-electron chi connectivity index (χ4n) is 3.06. The zero-order valence-corrected chi connectivity index (χ0v) is 15.4. The third-order valence-electron chi connectivity index (χ3n) is 4.19. The molecule has 1 aromatic carbocycles. The van der Waals surface area contributed by atoms with E-state index in [4.69, 9.17) is 4.98 Å². The van der Waals surface area contributed by atoms with Gasteiger partial charge in [0.2, 0.25) is 10.0 Å². The predicted molar refractivity (Wildman–Crippen MR) is 102 cm³/mol. The van der Waals surface area contributed by atoms with Gasteiger partial charge in [-0.25, -0.2) is 22.9 Å². The molecule has 4 aromatic rings. The first kappa shape index (κ1) is 16.5. The Bertz CT molecular complexity index is 1260. The standard InChI is InChI=1S/C18H17N5O2S/c1-11-7-16(13-4-5-23-17(8-13)19-10-20-23)21-18-12(2)6-14(9-15(11)18)22-26(3,24)25/h4-10,22H,1-3H3. The highest BCUT2D eigenvalue weighted by atomic mass is 32.2. The van der Waals surface area contributed by atoms with Crippen molar-refractivity contribution in [3.8, 4) is 11.3 Å². The minimum Gasteiger partial charge on any atom is -0.284 e. The van der Waals surface area contributed by atoms with Crippen LogP contribution in [0.15, 0.2) is 42.9 Å². The number of pyridine rings is 2. The molecule has 0 spiro atoms. The lowest BCUT2D eigenvalue weighted by atomic mass is 10.0. The molecule has 0 atom stereocenters. The van der Waals surface area contributed by atoms with Gasteiger partial charge in [-0.2, -0.15) is 5.10 Å². The van der Waals surface area contributed by atoms with E-state index in [2.05, 4.69) is 14.8 Å². The van der Waals surface area contributed by atoms with Crippen molar-refractivity contribution < 1.29 is 8.42 Å². The molecule has 3 aromatic heterocycles. The summed E-state index contributed by atoms with van der Waals surface area (Å²) < 4.78 is 27.3. The van der Waals surface area contributed by atoms with E-state index in [1.54, 1.807) is 10.6 Å². The van der Waals surface area contributed by atoms with E-state index >= 15 is 0 Å². The van der Waals surface area contributed by atoms with E-state index in [-0.39, 0.29) is 0 Å². The zero-order valence-electron chi connectivity index (χ0n) is 14.6. The Balaban J connectivity index is 1.88. The van der Waals surface area contributed by atoms with Crippen LogP contribution in [-0.2, 0) is 10.0 Å². The fourth-order valence-corrected chi connectivity index (χ4v) is 3.61. The molecular weight excluding hydrogens is 350 g/mol. The lowest BCUT2D eigenvalue weighted by molar-refractivity contribution is 0.607. The Labute approximate surface area is 150 Å². The van der Waals surface area contributed by atoms with Gasteiger partial charge in [-0.15, -0.1) is 0 Å². The van der Waals surface area contributed by atoms with E-state index in [9.17, 15) is 8.42 Å². The Morgan fingerprint density at radius 2 is 1.88 bits per heavy atom. The summed E-state index contributed by atoms with van der Waals surface area (Å²) in [6.07, 6.45) is 4.50. The number of nitrogens with zero attached hydrogens (tertiary/aromatic N) is 4. The number of aryl methyl sites for hydroxylation is 2. The second kappa shape index (κ2) is 5.77. The lowest BCUT2D eigenvalue weighted by Crippen LogP contribution is -2.09. The van der Waals surface area contributed by atoms with Crippen molar-refractivity contribution in [3.05, 3.63) is 54.0 Å². The van der Waals surface area contributed by atoms with Gasteiger partial charge in [0.15, 0.2) is 5.65 Å². The number of fused-ring (bicyclic) bond motifs is 2. The molecule has 7 nitrogen and oxygen atoms in total. The Kier molecular flexibility index (Phi) is 3.66. The highest BCUT2D eigenvalue weighted by Crippen LogP contribution is 2.29. The van der Waals surface area contributed by atoms with Crippen molar-refractivity contribution in [2.75, 3.05) is 11.0 Å². The van der Waals surface area contributed by atoms with Crippen LogP contribution in [0.4, 0.5) is 5.69 Å². The van der Waals surface area contributed by atoms with Gasteiger partial charge < -0.3 is 0 Å². The quantitative estimate of drug-likeness (QED) is 0.601. The molecule has 1 N–H and O–H groups in total. The fraction of sp³-hybridized carbons (Fsp3) is 0.167. The third kappa shape index (κ3) is 2.99. The first-order valence-corrected chi connectivity index (χ1v) is 9.89. The summed E-state index contributed by atoms with van der Waals surface area (Å²) in [7, 11) is -3.33. The smallest absolute Gasteiger partial charge is 0.229 e. The van der Waals surface area contributed by atoms with Crippen molar-refractivity contribution in [3.63, 3.8) is 0 Å². The van der Waals surface area contributed by atoms with Gasteiger partial charge in [-0.05, 0) is 55.3 Å². The van der Waals surface area contributed by atoms with Gasteiger partial charge in [0, 0.05) is 22.8 Å². The molecule has 3 heterocycles. The molecule has 0 radical (unpaired) electrons. The van der Waals surface area contributed by atoms with Gasteiger partial charge in [-0.3, -0.25) is 4.72 Å². The second-order valence-corrected chi connectivity index (χ2v) is 8.11. The van der Waals surface area contributed by atoms with Crippen molar-refractivity contribution in [1.82, 2.24) is 19.6 Å². The summed E-state index contributed by atoms with van der Waals surface area (Å²) >= 11 is 0. The van der Waals surface area contributed by atoms with Crippen molar-refractivity contribution in [2.24, 2.45) is 0 Å². The number of nitrogens with one attached hydrogen (secondary N) is 1. The van der Waals surface area contributed by atoms with Crippen LogP contribution in [0.5, 0.6) is 0 Å². The van der Waals surface area contributed by atoms with Crippen LogP contribution < -0.4 is 4.72 Å². The van der Waals surface area contributed by atoms with Gasteiger partial charge in [-0.1, -0.05) is 0 Å². The predicted octanol–water partition coefficient (Wildman–Crippen LogP) is 2.93. The molecule has 0 saturated heterocycles. The topological polar surface area (TPSA) is 89.2 Å². The molecule has 0 fully saturated rings. The molecule has 0 amide bonds. The number of hydrogen-bond acceptors (Lipinski definition) is 5. The maximum atomic E-state index is 11.5. The van der Waals surface area contributed by atoms with Crippen LogP contribution in [0.3, 0.4) is 0 Å². The molecule has 4 rings (SSSR count). The summed E-state index contributed by atoms with van der Waals surface area (Å²) in [5.74, 6) is 0. The molecular formula is C18H17N5O2S. The Morgan fingerprint density at radius 3 is 2.65 bits per heavy atom. The molecule has 0 saturated carbocycles. The minimum absolute atomic E-state index is 0.542. The highest BCUT2D eigenvalue weighted by molar-refractivity contribution is 7.92. The monoisotopic (exact) mass is 367 g/mol. The largest absolute Gasteiger partial charge is 0.284 e. The van der Waals surface area contributed by atoms with Gasteiger partial charge >= 0.3 is 0 Å². The maximum absolute atomic E-state index is 11.5. The Morgan fingerprint density at radius 1 is 1.08 bits per heavy atom. The number of benzene rings is 1. The average Bonchev–Trinajstić information content (AvgIpc) is 3.01. The first-order chi connectivity index (χ1) is 12.3. The number of anilines is 1. The number of rotatable bonds is 3. The van der Waals surface area contributed by atoms with Gasteiger partial charge in [0.25, 0.3) is 0 Å². The van der Waals surface area contributed by atoms with Crippen molar-refractivity contribution in [2.45, 2.75) is 13.8 Å². The molecule has 0 bridgehead atoms. The maximum Gasteiger partial charge on any atom is 0.229 e. The summed E-state index contributed by atoms with van der Waals surface area (Å²) in [6, 6.07) is 9.49. The summed E-state index contributed by atoms with van der Waals surface area (Å²) in [6.45, 7) is 3.92. The van der Waals surface area contributed by atoms with Crippen LogP contribution in [0.25, 0.3) is 27.8 Å². The van der Waals surface area contributed by atoms with Crippen molar-refractivity contribution >= 4 is 32.3 Å². The summed E-state index contributed by atoms with van der Waals surface area (Å²) in [5, 5.41) is 5.02. The molecule has 26 heavy (non-hydrogen) atoms. The Hall–Kier alpha value is -3.00. The van der Waals surface area contributed by atoms with Gasteiger partial charge in [0.05, 0.1) is 17.5 Å². The first-order valence-electron chi connectivity index (χ1n) is 8.00. The summed E-state index contributed by atoms with van der Waals surface area (Å²) in [4.78, 5) is 9.01. The highest BCUT2D eigenvalue weighted by Gasteiger charge is 2.11. The molecule has 0 unspecified atom stereocenters. The number of sulfonamides is 1. The van der Waals surface area contributed by atoms with E-state index in [1.165, 1.54) is 6.33 Å². The van der Waals surface area contributed by atoms with Gasteiger partial charge in [0.1, 0.15) is 6.33 Å². The molecule has 0 aliphatic heterocycles. The van der Waals surface area contributed by atoms with Crippen molar-refractivity contribution in [1.29, 1.82) is 0 Å². The van der Waals surface area contributed by atoms with Crippen LogP contribution in [-0.4, -0.2) is 34.3 Å². The molecule has 0 aliphatic carbocycles. The van der Waals surface area contributed by atoms with Crippen LogP contribution in [0.2, 0.25) is 0 Å². The lowest BCUT2D eigenvalue weighted by Gasteiger charge is -2.12. The minimum atomic E-state index is -3.33. The average molecular weight is 367 g/mol. The van der Waals surface area contributed by atoms with E-state index < -0.39 is 10.0 Å². The zero-order chi connectivity index (χ0) is 18.5. The summed E-state index contributed by atoms with van der Waals surface area (Å²) in [5.41, 5.74) is 5.86. The normalized spacial score (nSPS) is 12.0. The molecule has 0 aliphatic rings. The van der Waals surface area contributed by atoms with E-state index in [1.807, 2.05) is 44.3 Å². The number of hydrogen-bond donors (Lipinski definition) is 1. The van der Waals surface area contributed by atoms with E-state index in [0.29, 0.717) is 5.69 Å². The third-order valence-corrected chi connectivity index (χ3v) is 4.80. The van der Waals surface area contributed by atoms with Crippen LogP contribution in [0, 0.1) is 13.8 Å². The van der Waals surface area contributed by atoms with Crippen LogP contribution >= 0.6 is 0 Å².